The molecule has 0 saturated carbocycles. The molecule has 2 fully saturated rings. The van der Waals surface area contributed by atoms with Gasteiger partial charge < -0.3 is 19.1 Å². The molecule has 1 aromatic rings. The Kier molecular flexibility index (Phi) is 4.99. The Morgan fingerprint density at radius 1 is 1.14 bits per heavy atom. The average molecular weight is 291 g/mol. The first kappa shape index (κ1) is 14.7. The molecule has 0 spiro atoms. The maximum Gasteiger partial charge on any atom is 0.161 e. The zero-order valence-electron chi connectivity index (χ0n) is 12.8. The van der Waals surface area contributed by atoms with E-state index >= 15 is 0 Å². The highest BCUT2D eigenvalue weighted by molar-refractivity contribution is 5.39. The van der Waals surface area contributed by atoms with E-state index in [1.165, 1.54) is 13.0 Å². The number of hydrogen-bond donors (Lipinski definition) is 0. The van der Waals surface area contributed by atoms with Crippen molar-refractivity contribution < 1.29 is 14.2 Å². The Hall–Kier alpha value is -1.26. The zero-order valence-corrected chi connectivity index (χ0v) is 12.8. The second-order valence-electron chi connectivity index (χ2n) is 6.00. The maximum absolute atomic E-state index is 6.12. The van der Waals surface area contributed by atoms with Crippen LogP contribution in [0.1, 0.15) is 19.3 Å². The van der Waals surface area contributed by atoms with Crippen LogP contribution in [0, 0.1) is 5.92 Å². The quantitative estimate of drug-likeness (QED) is 0.834. The molecule has 21 heavy (non-hydrogen) atoms. The number of nitrogens with zero attached hydrogens (tertiary/aromatic N) is 1. The average Bonchev–Trinajstić information content (AvgIpc) is 3.03. The summed E-state index contributed by atoms with van der Waals surface area (Å²) in [7, 11) is 1.69. The van der Waals surface area contributed by atoms with Crippen molar-refractivity contribution in [2.24, 2.45) is 5.92 Å². The molecule has 0 aromatic heterocycles. The second kappa shape index (κ2) is 7.14. The maximum atomic E-state index is 6.12. The smallest absolute Gasteiger partial charge is 0.161 e. The zero-order chi connectivity index (χ0) is 14.5. The van der Waals surface area contributed by atoms with Gasteiger partial charge >= 0.3 is 0 Å². The largest absolute Gasteiger partial charge is 0.493 e. The van der Waals surface area contributed by atoms with E-state index in [2.05, 4.69) is 4.90 Å². The monoisotopic (exact) mass is 291 g/mol. The normalized spacial score (nSPS) is 24.1. The van der Waals surface area contributed by atoms with Crippen molar-refractivity contribution in [1.82, 2.24) is 4.90 Å². The molecular formula is C17H25NO3. The predicted octanol–water partition coefficient (Wildman–Crippen LogP) is 2.57. The summed E-state index contributed by atoms with van der Waals surface area (Å²) >= 11 is 0. The van der Waals surface area contributed by atoms with Crippen molar-refractivity contribution in [3.8, 4) is 11.5 Å². The predicted molar refractivity (Wildman–Crippen MR) is 82.0 cm³/mol. The summed E-state index contributed by atoms with van der Waals surface area (Å²) in [5.74, 6) is 2.42. The molecule has 2 saturated heterocycles. The van der Waals surface area contributed by atoms with Gasteiger partial charge in [-0.25, -0.2) is 0 Å². The first-order valence-corrected chi connectivity index (χ1v) is 7.95. The summed E-state index contributed by atoms with van der Waals surface area (Å²) in [6, 6.07) is 7.90. The molecule has 2 aliphatic rings. The lowest BCUT2D eigenvalue weighted by atomic mass is 10.0. The van der Waals surface area contributed by atoms with Gasteiger partial charge in [0.15, 0.2) is 11.5 Å². The van der Waals surface area contributed by atoms with Gasteiger partial charge in [0, 0.05) is 26.2 Å². The van der Waals surface area contributed by atoms with Gasteiger partial charge in [0.2, 0.25) is 0 Å². The molecule has 0 aliphatic carbocycles. The van der Waals surface area contributed by atoms with Crippen LogP contribution in [0.4, 0.5) is 0 Å². The number of methoxy groups -OCH3 is 1. The van der Waals surface area contributed by atoms with Gasteiger partial charge in [-0.2, -0.15) is 0 Å². The minimum absolute atomic E-state index is 0.303. The van der Waals surface area contributed by atoms with Crippen LogP contribution in [-0.2, 0) is 4.74 Å². The van der Waals surface area contributed by atoms with Gasteiger partial charge in [0.25, 0.3) is 0 Å². The van der Waals surface area contributed by atoms with Crippen LogP contribution in [0.3, 0.4) is 0 Å². The van der Waals surface area contributed by atoms with Crippen molar-refractivity contribution >= 4 is 0 Å². The van der Waals surface area contributed by atoms with E-state index in [9.17, 15) is 0 Å². The highest BCUT2D eigenvalue weighted by atomic mass is 16.5. The molecule has 116 valence electrons. The Balaban J connectivity index is 1.47. The van der Waals surface area contributed by atoms with E-state index in [4.69, 9.17) is 14.2 Å². The number of hydrogen-bond acceptors (Lipinski definition) is 4. The first-order valence-electron chi connectivity index (χ1n) is 7.95. The highest BCUT2D eigenvalue weighted by Gasteiger charge is 2.25. The Morgan fingerprint density at radius 2 is 1.90 bits per heavy atom. The van der Waals surface area contributed by atoms with Gasteiger partial charge in [0.05, 0.1) is 13.7 Å². The molecule has 0 N–H and O–H groups in total. The molecule has 2 aliphatic heterocycles. The molecule has 0 amide bonds. The van der Waals surface area contributed by atoms with Crippen molar-refractivity contribution in [2.45, 2.75) is 25.4 Å². The van der Waals surface area contributed by atoms with Crippen molar-refractivity contribution in [3.63, 3.8) is 0 Å². The van der Waals surface area contributed by atoms with E-state index in [1.807, 2.05) is 24.3 Å². The summed E-state index contributed by atoms with van der Waals surface area (Å²) in [6.45, 7) is 5.31. The summed E-state index contributed by atoms with van der Waals surface area (Å²) in [5.41, 5.74) is 0. The van der Waals surface area contributed by atoms with Crippen LogP contribution < -0.4 is 9.47 Å². The van der Waals surface area contributed by atoms with Crippen LogP contribution in [-0.4, -0.2) is 51.0 Å². The van der Waals surface area contributed by atoms with E-state index in [-0.39, 0.29) is 0 Å². The van der Waals surface area contributed by atoms with E-state index in [0.29, 0.717) is 6.10 Å². The third kappa shape index (κ3) is 3.89. The lowest BCUT2D eigenvalue weighted by Crippen LogP contribution is -2.40. The third-order valence-electron chi connectivity index (χ3n) is 4.44. The van der Waals surface area contributed by atoms with Gasteiger partial charge in [0.1, 0.15) is 6.10 Å². The van der Waals surface area contributed by atoms with Gasteiger partial charge in [-0.1, -0.05) is 12.1 Å². The molecule has 0 radical (unpaired) electrons. The van der Waals surface area contributed by atoms with Gasteiger partial charge in [-0.05, 0) is 37.3 Å². The van der Waals surface area contributed by atoms with Crippen molar-refractivity contribution in [2.75, 3.05) is 40.0 Å². The number of para-hydroxylation sites is 2. The summed E-state index contributed by atoms with van der Waals surface area (Å²) in [5, 5.41) is 0. The number of likely N-dealkylation sites (tertiary alicyclic amines) is 1. The molecule has 3 rings (SSSR count). The molecule has 4 nitrogen and oxygen atoms in total. The lowest BCUT2D eigenvalue weighted by molar-refractivity contribution is 0.0860. The topological polar surface area (TPSA) is 30.9 Å². The first-order chi connectivity index (χ1) is 10.3. The molecule has 1 aromatic carbocycles. The second-order valence-corrected chi connectivity index (χ2v) is 6.00. The lowest BCUT2D eigenvalue weighted by Gasteiger charge is -2.33. The van der Waals surface area contributed by atoms with Crippen LogP contribution in [0.5, 0.6) is 11.5 Å². The Labute approximate surface area is 127 Å². The van der Waals surface area contributed by atoms with Crippen molar-refractivity contribution in [1.29, 1.82) is 0 Å². The van der Waals surface area contributed by atoms with Crippen LogP contribution >= 0.6 is 0 Å². The molecule has 0 bridgehead atoms. The standard InChI is InChI=1S/C17H25NO3/c1-19-16-4-2-3-5-17(16)21-15-6-9-18(10-7-15)12-14-8-11-20-13-14/h2-5,14-15H,6-13H2,1H3/t14-/m1/s1. The molecule has 1 atom stereocenters. The third-order valence-corrected chi connectivity index (χ3v) is 4.44. The minimum atomic E-state index is 0.303. The highest BCUT2D eigenvalue weighted by Crippen LogP contribution is 2.29. The number of ether oxygens (including phenoxy) is 3. The molecule has 2 heterocycles. The summed E-state index contributed by atoms with van der Waals surface area (Å²) < 4.78 is 16.9. The fraction of sp³-hybridized carbons (Fsp3) is 0.647. The summed E-state index contributed by atoms with van der Waals surface area (Å²) in [4.78, 5) is 2.56. The SMILES string of the molecule is COc1ccccc1OC1CCN(C[C@H]2CCOC2)CC1. The van der Waals surface area contributed by atoms with Crippen LogP contribution in [0.25, 0.3) is 0 Å². The van der Waals surface area contributed by atoms with E-state index < -0.39 is 0 Å². The fourth-order valence-corrected chi connectivity index (χ4v) is 3.20. The number of piperidine rings is 1. The Bertz CT molecular complexity index is 437. The minimum Gasteiger partial charge on any atom is -0.493 e. The van der Waals surface area contributed by atoms with Gasteiger partial charge in [-0.3, -0.25) is 0 Å². The molecular weight excluding hydrogens is 266 g/mol. The van der Waals surface area contributed by atoms with E-state index in [1.54, 1.807) is 7.11 Å². The molecule has 0 unspecified atom stereocenters. The number of benzene rings is 1. The molecule has 4 heteroatoms. The van der Waals surface area contributed by atoms with Crippen LogP contribution in [0.2, 0.25) is 0 Å². The summed E-state index contributed by atoms with van der Waals surface area (Å²) in [6.07, 6.45) is 3.70. The fourth-order valence-electron chi connectivity index (χ4n) is 3.20. The Morgan fingerprint density at radius 3 is 2.57 bits per heavy atom. The van der Waals surface area contributed by atoms with Gasteiger partial charge in [-0.15, -0.1) is 0 Å². The number of rotatable bonds is 5. The van der Waals surface area contributed by atoms with Crippen LogP contribution in [0.15, 0.2) is 24.3 Å². The van der Waals surface area contributed by atoms with E-state index in [0.717, 1.165) is 56.6 Å². The van der Waals surface area contributed by atoms with Crippen molar-refractivity contribution in [3.05, 3.63) is 24.3 Å².